The van der Waals surface area contributed by atoms with E-state index < -0.39 is 0 Å². The van der Waals surface area contributed by atoms with Crippen molar-refractivity contribution in [2.24, 2.45) is 23.2 Å². The van der Waals surface area contributed by atoms with Crippen molar-refractivity contribution in [2.75, 3.05) is 0 Å². The number of aryl methyl sites for hydroxylation is 1. The molecule has 1 aromatic carbocycles. The second-order valence-corrected chi connectivity index (χ2v) is 7.54. The molecular formula is C18H21FO. The number of ketones is 1. The van der Waals surface area contributed by atoms with Crippen molar-refractivity contribution in [1.29, 1.82) is 0 Å². The van der Waals surface area contributed by atoms with Gasteiger partial charge in [-0.1, -0.05) is 0 Å². The summed E-state index contributed by atoms with van der Waals surface area (Å²) in [5.41, 5.74) is 1.29. The summed E-state index contributed by atoms with van der Waals surface area (Å²) in [7, 11) is 0. The number of carbonyl (C=O) groups is 1. The van der Waals surface area contributed by atoms with Gasteiger partial charge in [0.1, 0.15) is 5.82 Å². The van der Waals surface area contributed by atoms with E-state index in [0.29, 0.717) is 5.56 Å². The fraction of sp³-hybridized carbons (Fsp3) is 0.611. The highest BCUT2D eigenvalue weighted by Crippen LogP contribution is 2.60. The molecule has 4 aliphatic rings. The molecule has 4 bridgehead atoms. The Bertz CT molecular complexity index is 519. The third-order valence-corrected chi connectivity index (χ3v) is 5.82. The van der Waals surface area contributed by atoms with E-state index in [4.69, 9.17) is 0 Å². The van der Waals surface area contributed by atoms with E-state index in [1.165, 1.54) is 31.4 Å². The Hall–Kier alpha value is -1.18. The van der Waals surface area contributed by atoms with E-state index in [1.54, 1.807) is 0 Å². The number of Topliss-reactive ketones (excluding diaryl/α,β-unsaturated/α-hetero) is 1. The average Bonchev–Trinajstić information content (AvgIpc) is 2.35. The van der Waals surface area contributed by atoms with Gasteiger partial charge in [-0.3, -0.25) is 4.79 Å². The summed E-state index contributed by atoms with van der Waals surface area (Å²) in [5.74, 6) is 2.19. The van der Waals surface area contributed by atoms with E-state index in [0.717, 1.165) is 42.6 Å². The van der Waals surface area contributed by atoms with Crippen LogP contribution in [0.3, 0.4) is 0 Å². The fourth-order valence-corrected chi connectivity index (χ4v) is 5.56. The van der Waals surface area contributed by atoms with Crippen LogP contribution in [0.25, 0.3) is 0 Å². The van der Waals surface area contributed by atoms with Crippen LogP contribution in [0.5, 0.6) is 0 Å². The molecule has 4 fully saturated rings. The van der Waals surface area contributed by atoms with Gasteiger partial charge < -0.3 is 0 Å². The summed E-state index contributed by atoms with van der Waals surface area (Å²) in [6.07, 6.45) is 7.13. The SMILES string of the molecule is Cc1cc(F)cc(C(=O)C23CC4CC(CC(C4)C2)C3)c1. The maximum Gasteiger partial charge on any atom is 0.169 e. The predicted molar refractivity (Wildman–Crippen MR) is 76.1 cm³/mol. The molecule has 0 unspecified atom stereocenters. The second-order valence-electron chi connectivity index (χ2n) is 7.54. The van der Waals surface area contributed by atoms with E-state index in [9.17, 15) is 9.18 Å². The Morgan fingerprint density at radius 2 is 1.60 bits per heavy atom. The van der Waals surface area contributed by atoms with Gasteiger partial charge in [0.05, 0.1) is 0 Å². The molecule has 106 valence electrons. The normalized spacial score (nSPS) is 38.2. The van der Waals surface area contributed by atoms with Crippen LogP contribution < -0.4 is 0 Å². The van der Waals surface area contributed by atoms with Crippen LogP contribution in [0, 0.1) is 35.9 Å². The van der Waals surface area contributed by atoms with E-state index in [-0.39, 0.29) is 17.0 Å². The van der Waals surface area contributed by atoms with E-state index >= 15 is 0 Å². The van der Waals surface area contributed by atoms with Gasteiger partial charge in [-0.2, -0.15) is 0 Å². The maximum atomic E-state index is 13.6. The van der Waals surface area contributed by atoms with Gasteiger partial charge in [0.25, 0.3) is 0 Å². The van der Waals surface area contributed by atoms with Gasteiger partial charge in [0.2, 0.25) is 0 Å². The summed E-state index contributed by atoms with van der Waals surface area (Å²) in [6.45, 7) is 1.86. The molecule has 0 N–H and O–H groups in total. The molecule has 0 radical (unpaired) electrons. The average molecular weight is 272 g/mol. The number of hydrogen-bond donors (Lipinski definition) is 0. The van der Waals surface area contributed by atoms with Crippen LogP contribution in [0.15, 0.2) is 18.2 Å². The standard InChI is InChI=1S/C18H21FO/c1-11-2-15(7-16(19)3-11)17(20)18-8-12-4-13(9-18)6-14(5-12)10-18/h2-3,7,12-14H,4-6,8-10H2,1H3. The number of hydrogen-bond acceptors (Lipinski definition) is 1. The molecule has 0 aromatic heterocycles. The van der Waals surface area contributed by atoms with Gasteiger partial charge in [-0.25, -0.2) is 4.39 Å². The van der Waals surface area contributed by atoms with Crippen LogP contribution in [-0.2, 0) is 0 Å². The molecule has 0 spiro atoms. The Labute approximate surface area is 119 Å². The van der Waals surface area contributed by atoms with Crippen molar-refractivity contribution in [3.05, 3.63) is 35.1 Å². The zero-order chi connectivity index (χ0) is 13.9. The zero-order valence-electron chi connectivity index (χ0n) is 12.0. The van der Waals surface area contributed by atoms with Gasteiger partial charge in [-0.05, 0) is 87.0 Å². The minimum Gasteiger partial charge on any atom is -0.294 e. The van der Waals surface area contributed by atoms with Crippen molar-refractivity contribution in [2.45, 2.75) is 45.4 Å². The molecule has 2 heteroatoms. The number of benzene rings is 1. The van der Waals surface area contributed by atoms with Gasteiger partial charge in [-0.15, -0.1) is 0 Å². The molecule has 4 aliphatic carbocycles. The van der Waals surface area contributed by atoms with Gasteiger partial charge in [0, 0.05) is 11.0 Å². The van der Waals surface area contributed by atoms with Gasteiger partial charge >= 0.3 is 0 Å². The predicted octanol–water partition coefficient (Wildman–Crippen LogP) is 4.53. The van der Waals surface area contributed by atoms with Crippen molar-refractivity contribution in [3.63, 3.8) is 0 Å². The third-order valence-electron chi connectivity index (χ3n) is 5.82. The Kier molecular flexibility index (Phi) is 2.61. The first-order chi connectivity index (χ1) is 9.54. The molecule has 0 atom stereocenters. The smallest absolute Gasteiger partial charge is 0.169 e. The van der Waals surface area contributed by atoms with Crippen molar-refractivity contribution in [3.8, 4) is 0 Å². The quantitative estimate of drug-likeness (QED) is 0.723. The number of rotatable bonds is 2. The highest BCUT2D eigenvalue weighted by atomic mass is 19.1. The van der Waals surface area contributed by atoms with E-state index in [2.05, 4.69) is 0 Å². The Morgan fingerprint density at radius 3 is 2.10 bits per heavy atom. The lowest BCUT2D eigenvalue weighted by Crippen LogP contribution is -2.50. The van der Waals surface area contributed by atoms with E-state index in [1.807, 2.05) is 13.0 Å². The largest absolute Gasteiger partial charge is 0.294 e. The van der Waals surface area contributed by atoms with Crippen molar-refractivity contribution >= 4 is 5.78 Å². The molecular weight excluding hydrogens is 251 g/mol. The van der Waals surface area contributed by atoms with Crippen LogP contribution >= 0.6 is 0 Å². The molecule has 1 aromatic rings. The minimum atomic E-state index is -0.280. The van der Waals surface area contributed by atoms with Crippen LogP contribution in [0.4, 0.5) is 4.39 Å². The van der Waals surface area contributed by atoms with Crippen LogP contribution in [0.2, 0.25) is 0 Å². The highest BCUT2D eigenvalue weighted by Gasteiger charge is 2.54. The monoisotopic (exact) mass is 272 g/mol. The highest BCUT2D eigenvalue weighted by molar-refractivity contribution is 6.01. The molecule has 5 rings (SSSR count). The van der Waals surface area contributed by atoms with Crippen molar-refractivity contribution < 1.29 is 9.18 Å². The lowest BCUT2D eigenvalue weighted by atomic mass is 9.48. The number of halogens is 1. The second kappa shape index (κ2) is 4.16. The fourth-order valence-electron chi connectivity index (χ4n) is 5.56. The summed E-state index contributed by atoms with van der Waals surface area (Å²) in [6, 6.07) is 4.80. The maximum absolute atomic E-state index is 13.6. The molecule has 0 amide bonds. The molecule has 0 aliphatic heterocycles. The first-order valence-electron chi connectivity index (χ1n) is 7.86. The topological polar surface area (TPSA) is 17.1 Å². The summed E-state index contributed by atoms with van der Waals surface area (Å²) in [4.78, 5) is 13.0. The Balaban J connectivity index is 1.71. The third kappa shape index (κ3) is 1.84. The molecule has 1 nitrogen and oxygen atoms in total. The van der Waals surface area contributed by atoms with Crippen molar-refractivity contribution in [1.82, 2.24) is 0 Å². The summed E-state index contributed by atoms with van der Waals surface area (Å²) >= 11 is 0. The lowest BCUT2D eigenvalue weighted by molar-refractivity contribution is -0.0353. The number of carbonyl (C=O) groups excluding carboxylic acids is 1. The van der Waals surface area contributed by atoms with Crippen LogP contribution in [-0.4, -0.2) is 5.78 Å². The Morgan fingerprint density at radius 1 is 1.05 bits per heavy atom. The molecule has 0 saturated heterocycles. The molecule has 4 saturated carbocycles. The van der Waals surface area contributed by atoms with Crippen LogP contribution in [0.1, 0.15) is 54.4 Å². The van der Waals surface area contributed by atoms with Gasteiger partial charge in [0.15, 0.2) is 5.78 Å². The first kappa shape index (κ1) is 12.6. The zero-order valence-corrected chi connectivity index (χ0v) is 12.0. The minimum absolute atomic E-state index is 0.158. The molecule has 20 heavy (non-hydrogen) atoms. The summed E-state index contributed by atoms with van der Waals surface area (Å²) < 4.78 is 13.6. The summed E-state index contributed by atoms with van der Waals surface area (Å²) in [5, 5.41) is 0. The lowest BCUT2D eigenvalue weighted by Gasteiger charge is -2.56. The first-order valence-corrected chi connectivity index (χ1v) is 7.86. The molecule has 0 heterocycles.